The highest BCUT2D eigenvalue weighted by Crippen LogP contribution is 2.26. The lowest BCUT2D eigenvalue weighted by atomic mass is 9.85. The number of rotatable bonds is 7. The summed E-state index contributed by atoms with van der Waals surface area (Å²) in [7, 11) is 0. The summed E-state index contributed by atoms with van der Waals surface area (Å²) in [6.07, 6.45) is 6.99. The molecule has 0 bridgehead atoms. The average Bonchev–Trinajstić information content (AvgIpc) is 2.60. The van der Waals surface area contributed by atoms with Crippen LogP contribution in [0, 0.1) is 5.92 Å². The Hall–Kier alpha value is -2.37. The lowest BCUT2D eigenvalue weighted by Crippen LogP contribution is -2.40. The van der Waals surface area contributed by atoms with Crippen LogP contribution in [-0.2, 0) is 4.79 Å². The molecule has 1 aromatic rings. The fraction of sp³-hybridized carbons (Fsp3) is 0.526. The second-order valence-corrected chi connectivity index (χ2v) is 6.80. The molecule has 6 heteroatoms. The molecular formula is C19H28N4O2. The van der Waals surface area contributed by atoms with Gasteiger partial charge in [-0.25, -0.2) is 4.98 Å². The number of carbonyl (C=O) groups excluding carboxylic acids is 2. The summed E-state index contributed by atoms with van der Waals surface area (Å²) < 4.78 is 0. The van der Waals surface area contributed by atoms with Crippen molar-refractivity contribution in [3.8, 4) is 0 Å². The Morgan fingerprint density at radius 3 is 2.80 bits per heavy atom. The third-order valence-electron chi connectivity index (χ3n) is 4.26. The molecule has 1 aromatic heterocycles. The molecule has 0 unspecified atom stereocenters. The molecule has 0 aromatic carbocycles. The molecular weight excluding hydrogens is 316 g/mol. The summed E-state index contributed by atoms with van der Waals surface area (Å²) >= 11 is 0. The zero-order valence-corrected chi connectivity index (χ0v) is 15.0. The fourth-order valence-electron chi connectivity index (χ4n) is 3.05. The quantitative estimate of drug-likeness (QED) is 0.664. The highest BCUT2D eigenvalue weighted by molar-refractivity contribution is 5.94. The number of nitrogens with one attached hydrogen (secondary N) is 3. The summed E-state index contributed by atoms with van der Waals surface area (Å²) in [4.78, 5) is 28.4. The van der Waals surface area contributed by atoms with Crippen LogP contribution in [0.2, 0.25) is 0 Å². The molecule has 0 saturated heterocycles. The Bertz CT molecular complexity index is 598. The van der Waals surface area contributed by atoms with E-state index in [1.54, 1.807) is 24.4 Å². The van der Waals surface area contributed by atoms with Crippen molar-refractivity contribution in [2.75, 3.05) is 11.9 Å². The van der Waals surface area contributed by atoms with Gasteiger partial charge in [-0.15, -0.1) is 6.58 Å². The topological polar surface area (TPSA) is 83.1 Å². The first-order valence-electron chi connectivity index (χ1n) is 8.91. The molecule has 136 valence electrons. The highest BCUT2D eigenvalue weighted by atomic mass is 16.2. The average molecular weight is 344 g/mol. The maximum Gasteiger partial charge on any atom is 0.253 e. The van der Waals surface area contributed by atoms with Crippen molar-refractivity contribution < 1.29 is 9.59 Å². The number of nitrogens with zero attached hydrogens (tertiary/aromatic N) is 1. The van der Waals surface area contributed by atoms with Gasteiger partial charge in [0, 0.05) is 30.7 Å². The van der Waals surface area contributed by atoms with E-state index < -0.39 is 0 Å². The van der Waals surface area contributed by atoms with Gasteiger partial charge < -0.3 is 16.0 Å². The lowest BCUT2D eigenvalue weighted by Gasteiger charge is -2.29. The number of carbonyl (C=O) groups is 2. The van der Waals surface area contributed by atoms with Crippen LogP contribution >= 0.6 is 0 Å². The minimum atomic E-state index is -0.165. The van der Waals surface area contributed by atoms with Crippen molar-refractivity contribution in [1.29, 1.82) is 0 Å². The normalized spacial score (nSPS) is 20.0. The number of pyridine rings is 1. The third-order valence-corrected chi connectivity index (χ3v) is 4.26. The predicted octanol–water partition coefficient (Wildman–Crippen LogP) is 2.49. The molecule has 1 aliphatic carbocycles. The zero-order valence-electron chi connectivity index (χ0n) is 15.0. The van der Waals surface area contributed by atoms with Gasteiger partial charge in [0.1, 0.15) is 5.82 Å². The monoisotopic (exact) mass is 344 g/mol. The second kappa shape index (κ2) is 9.20. The molecule has 25 heavy (non-hydrogen) atoms. The van der Waals surface area contributed by atoms with Gasteiger partial charge in [0.15, 0.2) is 0 Å². The van der Waals surface area contributed by atoms with E-state index in [0.717, 1.165) is 31.5 Å². The zero-order chi connectivity index (χ0) is 18.2. The van der Waals surface area contributed by atoms with Crippen molar-refractivity contribution in [3.63, 3.8) is 0 Å². The highest BCUT2D eigenvalue weighted by Gasteiger charge is 2.27. The largest absolute Gasteiger partial charge is 0.367 e. The number of hydrogen-bond donors (Lipinski definition) is 3. The molecule has 6 nitrogen and oxygen atoms in total. The van der Waals surface area contributed by atoms with Gasteiger partial charge in [0.05, 0.1) is 5.56 Å². The Kier molecular flexibility index (Phi) is 6.98. The molecule has 0 radical (unpaired) electrons. The second-order valence-electron chi connectivity index (χ2n) is 6.80. The van der Waals surface area contributed by atoms with Gasteiger partial charge in [-0.05, 0) is 45.2 Å². The summed E-state index contributed by atoms with van der Waals surface area (Å²) in [6, 6.07) is 3.95. The van der Waals surface area contributed by atoms with Crippen molar-refractivity contribution in [1.82, 2.24) is 15.6 Å². The van der Waals surface area contributed by atoms with Crippen LogP contribution in [0.1, 0.15) is 49.9 Å². The molecule has 3 N–H and O–H groups in total. The molecule has 0 aliphatic heterocycles. The molecule has 2 amide bonds. The van der Waals surface area contributed by atoms with E-state index in [0.29, 0.717) is 12.1 Å². The van der Waals surface area contributed by atoms with Gasteiger partial charge in [0.2, 0.25) is 5.91 Å². The Morgan fingerprint density at radius 1 is 1.36 bits per heavy atom. The molecule has 1 fully saturated rings. The molecule has 0 spiro atoms. The van der Waals surface area contributed by atoms with E-state index in [1.807, 2.05) is 13.8 Å². The first-order valence-corrected chi connectivity index (χ1v) is 8.91. The number of anilines is 1. The Balaban J connectivity index is 1.89. The maximum absolute atomic E-state index is 12.2. The van der Waals surface area contributed by atoms with E-state index >= 15 is 0 Å². The van der Waals surface area contributed by atoms with Crippen molar-refractivity contribution in [2.45, 2.75) is 51.6 Å². The maximum atomic E-state index is 12.2. The minimum Gasteiger partial charge on any atom is -0.367 e. The minimum absolute atomic E-state index is 0.0533. The predicted molar refractivity (Wildman–Crippen MR) is 99.4 cm³/mol. The van der Waals surface area contributed by atoms with Crippen LogP contribution < -0.4 is 16.0 Å². The smallest absolute Gasteiger partial charge is 0.253 e. The van der Waals surface area contributed by atoms with Crippen LogP contribution in [0.15, 0.2) is 31.0 Å². The summed E-state index contributed by atoms with van der Waals surface area (Å²) in [5, 5.41) is 9.11. The molecule has 2 rings (SSSR count). The van der Waals surface area contributed by atoms with Crippen molar-refractivity contribution in [2.24, 2.45) is 5.92 Å². The fourth-order valence-corrected chi connectivity index (χ4v) is 3.05. The number of aromatic nitrogens is 1. The summed E-state index contributed by atoms with van der Waals surface area (Å²) in [5.41, 5.74) is 0.519. The number of amides is 2. The molecule has 1 aliphatic rings. The molecule has 1 saturated carbocycles. The Morgan fingerprint density at radius 2 is 2.16 bits per heavy atom. The van der Waals surface area contributed by atoms with Gasteiger partial charge in [-0.3, -0.25) is 9.59 Å². The molecule has 1 heterocycles. The van der Waals surface area contributed by atoms with Crippen LogP contribution in [0.5, 0.6) is 0 Å². The van der Waals surface area contributed by atoms with Crippen LogP contribution in [0.3, 0.4) is 0 Å². The van der Waals surface area contributed by atoms with Crippen LogP contribution in [0.4, 0.5) is 5.82 Å². The first kappa shape index (κ1) is 19.0. The summed E-state index contributed by atoms with van der Waals surface area (Å²) in [5.74, 6) is 0.763. The van der Waals surface area contributed by atoms with Gasteiger partial charge in [-0.1, -0.05) is 12.5 Å². The van der Waals surface area contributed by atoms with Gasteiger partial charge in [0.25, 0.3) is 5.91 Å². The van der Waals surface area contributed by atoms with E-state index in [4.69, 9.17) is 0 Å². The van der Waals surface area contributed by atoms with Gasteiger partial charge in [-0.2, -0.15) is 0 Å². The Labute approximate surface area is 149 Å². The van der Waals surface area contributed by atoms with Gasteiger partial charge >= 0.3 is 0 Å². The van der Waals surface area contributed by atoms with Crippen molar-refractivity contribution in [3.05, 3.63) is 36.5 Å². The number of hydrogen-bond acceptors (Lipinski definition) is 4. The van der Waals surface area contributed by atoms with Crippen molar-refractivity contribution >= 4 is 17.6 Å². The van der Waals surface area contributed by atoms with Crippen LogP contribution in [0.25, 0.3) is 0 Å². The third kappa shape index (κ3) is 5.89. The van der Waals surface area contributed by atoms with E-state index in [-0.39, 0.29) is 29.8 Å². The lowest BCUT2D eigenvalue weighted by molar-refractivity contribution is -0.126. The molecule has 2 atom stereocenters. The van der Waals surface area contributed by atoms with E-state index in [1.165, 1.54) is 0 Å². The van der Waals surface area contributed by atoms with E-state index in [2.05, 4.69) is 27.5 Å². The summed E-state index contributed by atoms with van der Waals surface area (Å²) in [6.45, 7) is 7.96. The van der Waals surface area contributed by atoms with Crippen LogP contribution in [-0.4, -0.2) is 35.4 Å². The first-order chi connectivity index (χ1) is 12.0. The SMILES string of the molecule is C=CCNC(=O)c1ccc(N[C@@H]2CCC[C@@H](C(=O)NC(C)C)C2)nc1. The van der Waals surface area contributed by atoms with E-state index in [9.17, 15) is 9.59 Å². The standard InChI is InChI=1S/C19H28N4O2/c1-4-10-20-18(24)15-8-9-17(21-12-15)23-16-7-5-6-14(11-16)19(25)22-13(2)3/h4,8-9,12-14,16H,1,5-7,10-11H2,2-3H3,(H,20,24)(H,21,23)(H,22,25)/t14-,16-/m1/s1.